The van der Waals surface area contributed by atoms with E-state index in [1.807, 2.05) is 13.8 Å². The van der Waals surface area contributed by atoms with Gasteiger partial charge >= 0.3 is 5.97 Å². The zero-order chi connectivity index (χ0) is 12.8. The number of carbonyl (C=O) groups is 1. The third kappa shape index (κ3) is 3.23. The van der Waals surface area contributed by atoms with Crippen molar-refractivity contribution in [3.63, 3.8) is 0 Å². The van der Waals surface area contributed by atoms with E-state index < -0.39 is 5.97 Å². The lowest BCUT2D eigenvalue weighted by atomic mass is 10.1. The fraction of sp³-hybridized carbons (Fsp3) is 0.583. The Kier molecular flexibility index (Phi) is 5.03. The number of methoxy groups -OCH3 is 1. The molecule has 1 rings (SSSR count). The summed E-state index contributed by atoms with van der Waals surface area (Å²) in [5.74, 6) is -0.422. The van der Waals surface area contributed by atoms with Crippen LogP contribution in [0.25, 0.3) is 0 Å². The van der Waals surface area contributed by atoms with E-state index in [1.165, 1.54) is 6.20 Å². The van der Waals surface area contributed by atoms with Crippen LogP contribution in [-0.4, -0.2) is 28.2 Å². The molecule has 1 aromatic heterocycles. The van der Waals surface area contributed by atoms with E-state index in [0.29, 0.717) is 17.9 Å². The van der Waals surface area contributed by atoms with Crippen molar-refractivity contribution in [3.05, 3.63) is 23.3 Å². The molecule has 0 aliphatic carbocycles. The monoisotopic (exact) mass is 238 g/mol. The quantitative estimate of drug-likeness (QED) is 0.822. The lowest BCUT2D eigenvalue weighted by Gasteiger charge is -2.13. The number of ether oxygens (including phenoxy) is 1. The van der Waals surface area contributed by atoms with Gasteiger partial charge in [0.1, 0.15) is 6.10 Å². The van der Waals surface area contributed by atoms with Crippen molar-refractivity contribution in [2.75, 3.05) is 7.11 Å². The number of hydrogen-bond acceptors (Lipinski definition) is 4. The normalized spacial score (nSPS) is 12.4. The maximum absolute atomic E-state index is 11.0. The average molecular weight is 238 g/mol. The number of aromatic carboxylic acids is 1. The summed E-state index contributed by atoms with van der Waals surface area (Å²) in [5, 5.41) is 9.02. The van der Waals surface area contributed by atoms with E-state index >= 15 is 0 Å². The Balaban J connectivity index is 3.12. The number of carboxylic acids is 1. The number of rotatable bonds is 6. The van der Waals surface area contributed by atoms with Gasteiger partial charge in [-0.1, -0.05) is 20.3 Å². The Hall–Kier alpha value is -1.49. The molecule has 0 aliphatic heterocycles. The van der Waals surface area contributed by atoms with E-state index in [1.54, 1.807) is 7.11 Å². The summed E-state index contributed by atoms with van der Waals surface area (Å²) in [4.78, 5) is 19.4. The fourth-order valence-electron chi connectivity index (χ4n) is 1.65. The first-order valence-corrected chi connectivity index (χ1v) is 5.75. The molecule has 5 heteroatoms. The summed E-state index contributed by atoms with van der Waals surface area (Å²) in [6.45, 7) is 3.96. The van der Waals surface area contributed by atoms with Crippen LogP contribution in [0.3, 0.4) is 0 Å². The second-order valence-corrected chi connectivity index (χ2v) is 3.78. The van der Waals surface area contributed by atoms with Gasteiger partial charge in [-0.3, -0.25) is 0 Å². The van der Waals surface area contributed by atoms with Crippen molar-refractivity contribution in [2.24, 2.45) is 0 Å². The van der Waals surface area contributed by atoms with Crippen LogP contribution >= 0.6 is 0 Å². The van der Waals surface area contributed by atoms with Gasteiger partial charge in [-0.15, -0.1) is 0 Å². The molecule has 0 saturated carbocycles. The molecule has 0 radical (unpaired) electrons. The summed E-state index contributed by atoms with van der Waals surface area (Å²) in [5.41, 5.74) is 0.766. The minimum atomic E-state index is -0.981. The number of carboxylic acid groups (broad SMARTS) is 1. The predicted molar refractivity (Wildman–Crippen MR) is 63.0 cm³/mol. The van der Waals surface area contributed by atoms with Crippen molar-refractivity contribution < 1.29 is 14.6 Å². The van der Waals surface area contributed by atoms with Gasteiger partial charge in [-0.25, -0.2) is 14.8 Å². The molecule has 0 bridgehead atoms. The molecule has 1 unspecified atom stereocenters. The number of hydrogen-bond donors (Lipinski definition) is 1. The van der Waals surface area contributed by atoms with Crippen molar-refractivity contribution >= 4 is 5.97 Å². The first kappa shape index (κ1) is 13.6. The molecular weight excluding hydrogens is 220 g/mol. The Labute approximate surface area is 101 Å². The van der Waals surface area contributed by atoms with E-state index in [2.05, 4.69) is 9.97 Å². The van der Waals surface area contributed by atoms with Crippen LogP contribution in [0.5, 0.6) is 0 Å². The molecule has 1 heterocycles. The van der Waals surface area contributed by atoms with Crippen LogP contribution in [0.2, 0.25) is 0 Å². The lowest BCUT2D eigenvalue weighted by Crippen LogP contribution is -2.12. The smallest absolute Gasteiger partial charge is 0.339 e. The molecular formula is C12H18N2O3. The SMILES string of the molecule is CCCc1nc(C(CC)OC)ncc1C(=O)O. The second-order valence-electron chi connectivity index (χ2n) is 3.78. The van der Waals surface area contributed by atoms with Gasteiger partial charge in [0.25, 0.3) is 0 Å². The summed E-state index contributed by atoms with van der Waals surface area (Å²) in [6.07, 6.45) is 3.44. The largest absolute Gasteiger partial charge is 0.478 e. The molecule has 94 valence electrons. The molecule has 0 aliphatic rings. The van der Waals surface area contributed by atoms with E-state index in [4.69, 9.17) is 9.84 Å². The van der Waals surface area contributed by atoms with Crippen LogP contribution in [0.4, 0.5) is 0 Å². The Morgan fingerprint density at radius 3 is 2.71 bits per heavy atom. The van der Waals surface area contributed by atoms with E-state index in [-0.39, 0.29) is 11.7 Å². The van der Waals surface area contributed by atoms with Crippen LogP contribution in [-0.2, 0) is 11.2 Å². The molecule has 1 atom stereocenters. The molecule has 0 saturated heterocycles. The molecule has 5 nitrogen and oxygen atoms in total. The van der Waals surface area contributed by atoms with Crippen molar-refractivity contribution in [1.29, 1.82) is 0 Å². The lowest BCUT2D eigenvalue weighted by molar-refractivity contribution is 0.0692. The van der Waals surface area contributed by atoms with Gasteiger partial charge in [0.2, 0.25) is 0 Å². The second kappa shape index (κ2) is 6.30. The number of aryl methyl sites for hydroxylation is 1. The van der Waals surface area contributed by atoms with Gasteiger partial charge in [0.05, 0.1) is 11.3 Å². The summed E-state index contributed by atoms with van der Waals surface area (Å²) in [6, 6.07) is 0. The van der Waals surface area contributed by atoms with Gasteiger partial charge in [-0.05, 0) is 12.8 Å². The zero-order valence-corrected chi connectivity index (χ0v) is 10.4. The third-order valence-electron chi connectivity index (χ3n) is 2.55. The maximum Gasteiger partial charge on any atom is 0.339 e. The zero-order valence-electron chi connectivity index (χ0n) is 10.4. The fourth-order valence-corrected chi connectivity index (χ4v) is 1.65. The molecule has 0 fully saturated rings. The van der Waals surface area contributed by atoms with Gasteiger partial charge in [0, 0.05) is 13.3 Å². The highest BCUT2D eigenvalue weighted by Crippen LogP contribution is 2.18. The highest BCUT2D eigenvalue weighted by Gasteiger charge is 2.17. The van der Waals surface area contributed by atoms with E-state index in [0.717, 1.165) is 12.8 Å². The first-order valence-electron chi connectivity index (χ1n) is 5.75. The van der Waals surface area contributed by atoms with Crippen LogP contribution < -0.4 is 0 Å². The summed E-state index contributed by atoms with van der Waals surface area (Å²) >= 11 is 0. The molecule has 17 heavy (non-hydrogen) atoms. The maximum atomic E-state index is 11.0. The minimum Gasteiger partial charge on any atom is -0.478 e. The molecule has 0 aromatic carbocycles. The Bertz CT molecular complexity index is 389. The third-order valence-corrected chi connectivity index (χ3v) is 2.55. The first-order chi connectivity index (χ1) is 8.13. The van der Waals surface area contributed by atoms with Gasteiger partial charge in [0.15, 0.2) is 5.82 Å². The van der Waals surface area contributed by atoms with Crippen LogP contribution in [0.1, 0.15) is 54.7 Å². The Morgan fingerprint density at radius 2 is 2.24 bits per heavy atom. The summed E-state index contributed by atoms with van der Waals surface area (Å²) < 4.78 is 5.25. The molecule has 1 N–H and O–H groups in total. The summed E-state index contributed by atoms with van der Waals surface area (Å²) in [7, 11) is 1.60. The van der Waals surface area contributed by atoms with Crippen LogP contribution in [0.15, 0.2) is 6.20 Å². The molecule has 0 spiro atoms. The molecule has 0 amide bonds. The Morgan fingerprint density at radius 1 is 1.53 bits per heavy atom. The van der Waals surface area contributed by atoms with Crippen molar-refractivity contribution in [2.45, 2.75) is 39.2 Å². The van der Waals surface area contributed by atoms with Crippen molar-refractivity contribution in [3.8, 4) is 0 Å². The number of nitrogens with zero attached hydrogens (tertiary/aromatic N) is 2. The molecule has 1 aromatic rings. The van der Waals surface area contributed by atoms with Crippen LogP contribution in [0, 0.1) is 0 Å². The van der Waals surface area contributed by atoms with Gasteiger partial charge in [-0.2, -0.15) is 0 Å². The predicted octanol–water partition coefficient (Wildman–Crippen LogP) is 2.22. The highest BCUT2D eigenvalue weighted by atomic mass is 16.5. The number of aromatic nitrogens is 2. The minimum absolute atomic E-state index is 0.173. The topological polar surface area (TPSA) is 72.3 Å². The highest BCUT2D eigenvalue weighted by molar-refractivity contribution is 5.88. The van der Waals surface area contributed by atoms with E-state index in [9.17, 15) is 4.79 Å². The van der Waals surface area contributed by atoms with Gasteiger partial charge < -0.3 is 9.84 Å². The van der Waals surface area contributed by atoms with Crippen molar-refractivity contribution in [1.82, 2.24) is 9.97 Å². The average Bonchev–Trinajstić information content (AvgIpc) is 2.31. The standard InChI is InChI=1S/C12H18N2O3/c1-4-6-9-8(12(15)16)7-13-11(14-9)10(5-2)17-3/h7,10H,4-6H2,1-3H3,(H,15,16).